The summed E-state index contributed by atoms with van der Waals surface area (Å²) in [6.07, 6.45) is 7.74. The molecule has 3 unspecified atom stereocenters. The van der Waals surface area contributed by atoms with Crippen LogP contribution in [-0.2, 0) is 11.2 Å². The molecule has 1 aromatic rings. The Bertz CT molecular complexity index is 582. The number of carbonyl (C=O) groups excluding carboxylic acids is 1. The number of halogens is 2. The molecule has 2 heterocycles. The zero-order valence-corrected chi connectivity index (χ0v) is 15.6. The van der Waals surface area contributed by atoms with Gasteiger partial charge < -0.3 is 10.6 Å². The molecule has 0 saturated carbocycles. The Labute approximate surface area is 152 Å². The number of hydrogen-bond acceptors (Lipinski definition) is 2. The van der Waals surface area contributed by atoms with Crippen LogP contribution in [0.5, 0.6) is 0 Å². The Morgan fingerprint density at radius 1 is 1.22 bits per heavy atom. The van der Waals surface area contributed by atoms with Crippen LogP contribution >= 0.6 is 28.3 Å². The second-order valence-corrected chi connectivity index (χ2v) is 8.00. The number of carbonyl (C=O) groups is 1. The normalized spacial score (nSPS) is 31.3. The third-order valence-corrected chi connectivity index (χ3v) is 6.34. The molecule has 23 heavy (non-hydrogen) atoms. The maximum atomic E-state index is 12.5. The van der Waals surface area contributed by atoms with Crippen molar-refractivity contribution in [2.75, 3.05) is 0 Å². The Balaban J connectivity index is 0.00000156. The van der Waals surface area contributed by atoms with Gasteiger partial charge in [-0.3, -0.25) is 4.79 Å². The van der Waals surface area contributed by atoms with Crippen molar-refractivity contribution in [2.24, 2.45) is 5.92 Å². The highest BCUT2D eigenvalue weighted by molar-refractivity contribution is 9.10. The smallest absolute Gasteiger partial charge is 0.220 e. The lowest BCUT2D eigenvalue weighted by Gasteiger charge is -2.29. The molecule has 126 valence electrons. The van der Waals surface area contributed by atoms with Gasteiger partial charge in [-0.1, -0.05) is 28.1 Å². The van der Waals surface area contributed by atoms with E-state index in [1.807, 2.05) is 0 Å². The van der Waals surface area contributed by atoms with E-state index >= 15 is 0 Å². The van der Waals surface area contributed by atoms with Gasteiger partial charge in [0.15, 0.2) is 0 Å². The molecular formula is C18H24BrClN2O. The molecule has 2 bridgehead atoms. The molecule has 0 spiro atoms. The number of nitrogens with one attached hydrogen (secondary N) is 2. The molecular weight excluding hydrogens is 376 g/mol. The van der Waals surface area contributed by atoms with E-state index in [1.165, 1.54) is 41.3 Å². The van der Waals surface area contributed by atoms with Gasteiger partial charge in [-0.15, -0.1) is 12.4 Å². The predicted molar refractivity (Wildman–Crippen MR) is 97.9 cm³/mol. The molecule has 0 aromatic heterocycles. The average molecular weight is 400 g/mol. The number of benzene rings is 1. The van der Waals surface area contributed by atoms with Crippen LogP contribution in [0.1, 0.15) is 55.7 Å². The van der Waals surface area contributed by atoms with E-state index in [2.05, 4.69) is 44.8 Å². The lowest BCUT2D eigenvalue weighted by Crippen LogP contribution is -2.40. The van der Waals surface area contributed by atoms with E-state index < -0.39 is 0 Å². The SMILES string of the molecule is Cl.O=C(CC1CC2CCC(C1)N2)NC1CCc2c(Br)cccc21. The maximum absolute atomic E-state index is 12.5. The Morgan fingerprint density at radius 2 is 1.96 bits per heavy atom. The van der Waals surface area contributed by atoms with E-state index in [0.717, 1.165) is 12.8 Å². The summed E-state index contributed by atoms with van der Waals surface area (Å²) >= 11 is 3.62. The molecule has 3 nitrogen and oxygen atoms in total. The molecule has 1 amide bonds. The van der Waals surface area contributed by atoms with Crippen molar-refractivity contribution < 1.29 is 4.79 Å². The van der Waals surface area contributed by atoms with Crippen LogP contribution < -0.4 is 10.6 Å². The van der Waals surface area contributed by atoms with Gasteiger partial charge in [0.05, 0.1) is 6.04 Å². The van der Waals surface area contributed by atoms with Crippen molar-refractivity contribution >= 4 is 34.2 Å². The van der Waals surface area contributed by atoms with Gasteiger partial charge in [0.2, 0.25) is 5.91 Å². The largest absolute Gasteiger partial charge is 0.349 e. The summed E-state index contributed by atoms with van der Waals surface area (Å²) < 4.78 is 1.18. The monoisotopic (exact) mass is 398 g/mol. The number of piperidine rings is 1. The first-order chi connectivity index (χ1) is 10.7. The van der Waals surface area contributed by atoms with Crippen molar-refractivity contribution in [3.05, 3.63) is 33.8 Å². The lowest BCUT2D eigenvalue weighted by atomic mass is 9.89. The number of rotatable bonds is 3. The molecule has 4 rings (SSSR count). The van der Waals surface area contributed by atoms with Crippen molar-refractivity contribution in [3.63, 3.8) is 0 Å². The predicted octanol–water partition coefficient (Wildman–Crippen LogP) is 3.90. The molecule has 3 aliphatic rings. The standard InChI is InChI=1S/C18H23BrN2O.ClH/c19-16-3-1-2-15-14(16)6-7-17(15)21-18(22)10-11-8-12-4-5-13(9-11)20-12;/h1-3,11-13,17,20H,4-10H2,(H,21,22);1H. The molecule has 1 aliphatic carbocycles. The first-order valence-electron chi connectivity index (χ1n) is 8.51. The summed E-state index contributed by atoms with van der Waals surface area (Å²) in [6.45, 7) is 0. The third kappa shape index (κ3) is 3.59. The second-order valence-electron chi connectivity index (χ2n) is 7.15. The van der Waals surface area contributed by atoms with Crippen molar-refractivity contribution in [1.29, 1.82) is 0 Å². The topological polar surface area (TPSA) is 41.1 Å². The fourth-order valence-electron chi connectivity index (χ4n) is 4.62. The third-order valence-electron chi connectivity index (χ3n) is 5.59. The highest BCUT2D eigenvalue weighted by Crippen LogP contribution is 2.36. The first-order valence-corrected chi connectivity index (χ1v) is 9.31. The van der Waals surface area contributed by atoms with Gasteiger partial charge in [0.25, 0.3) is 0 Å². The van der Waals surface area contributed by atoms with Gasteiger partial charge in [-0.2, -0.15) is 0 Å². The number of amides is 1. The van der Waals surface area contributed by atoms with E-state index in [0.29, 0.717) is 24.4 Å². The van der Waals surface area contributed by atoms with Gasteiger partial charge in [-0.05, 0) is 61.6 Å². The van der Waals surface area contributed by atoms with Crippen molar-refractivity contribution in [1.82, 2.24) is 10.6 Å². The van der Waals surface area contributed by atoms with Crippen LogP contribution in [0.4, 0.5) is 0 Å². The van der Waals surface area contributed by atoms with Crippen LogP contribution in [0.15, 0.2) is 22.7 Å². The minimum atomic E-state index is 0. The van der Waals surface area contributed by atoms with Crippen molar-refractivity contribution in [3.8, 4) is 0 Å². The highest BCUT2D eigenvalue weighted by atomic mass is 79.9. The first kappa shape index (κ1) is 17.2. The van der Waals surface area contributed by atoms with Crippen LogP contribution in [0, 0.1) is 5.92 Å². The summed E-state index contributed by atoms with van der Waals surface area (Å²) in [5.74, 6) is 0.811. The Morgan fingerprint density at radius 3 is 2.70 bits per heavy atom. The van der Waals surface area contributed by atoms with Gasteiger partial charge in [-0.25, -0.2) is 0 Å². The van der Waals surface area contributed by atoms with Gasteiger partial charge in [0.1, 0.15) is 0 Å². The zero-order valence-electron chi connectivity index (χ0n) is 13.2. The summed E-state index contributed by atoms with van der Waals surface area (Å²) in [5, 5.41) is 6.93. The number of fused-ring (bicyclic) bond motifs is 3. The minimum Gasteiger partial charge on any atom is -0.349 e. The molecule has 1 aromatic carbocycles. The van der Waals surface area contributed by atoms with E-state index in [-0.39, 0.29) is 24.4 Å². The van der Waals surface area contributed by atoms with Crippen LogP contribution in [-0.4, -0.2) is 18.0 Å². The van der Waals surface area contributed by atoms with E-state index in [1.54, 1.807) is 0 Å². The Hall–Kier alpha value is -0.580. The molecule has 5 heteroatoms. The van der Waals surface area contributed by atoms with E-state index in [9.17, 15) is 4.79 Å². The minimum absolute atomic E-state index is 0. The zero-order chi connectivity index (χ0) is 15.1. The molecule has 2 saturated heterocycles. The van der Waals surface area contributed by atoms with Crippen molar-refractivity contribution in [2.45, 2.75) is 63.1 Å². The quantitative estimate of drug-likeness (QED) is 0.809. The van der Waals surface area contributed by atoms with Crippen LogP contribution in [0.2, 0.25) is 0 Å². The lowest BCUT2D eigenvalue weighted by molar-refractivity contribution is -0.123. The summed E-state index contributed by atoms with van der Waals surface area (Å²) in [5.41, 5.74) is 2.67. The fourth-order valence-corrected chi connectivity index (χ4v) is 5.20. The Kier molecular flexibility index (Phi) is 5.34. The van der Waals surface area contributed by atoms with Gasteiger partial charge in [0, 0.05) is 23.0 Å². The number of hydrogen-bond donors (Lipinski definition) is 2. The van der Waals surface area contributed by atoms with Crippen LogP contribution in [0.3, 0.4) is 0 Å². The maximum Gasteiger partial charge on any atom is 0.220 e. The summed E-state index contributed by atoms with van der Waals surface area (Å²) in [7, 11) is 0. The molecule has 2 aliphatic heterocycles. The summed E-state index contributed by atoms with van der Waals surface area (Å²) in [4.78, 5) is 12.5. The molecule has 2 N–H and O–H groups in total. The second kappa shape index (κ2) is 7.12. The molecule has 0 radical (unpaired) electrons. The van der Waals surface area contributed by atoms with Gasteiger partial charge >= 0.3 is 0 Å². The molecule has 2 fully saturated rings. The average Bonchev–Trinajstić information content (AvgIpc) is 3.04. The van der Waals surface area contributed by atoms with Crippen LogP contribution in [0.25, 0.3) is 0 Å². The fraction of sp³-hybridized carbons (Fsp3) is 0.611. The van der Waals surface area contributed by atoms with E-state index in [4.69, 9.17) is 0 Å². The highest BCUT2D eigenvalue weighted by Gasteiger charge is 2.34. The molecule has 3 atom stereocenters. The summed E-state index contributed by atoms with van der Waals surface area (Å²) in [6, 6.07) is 7.85.